The Morgan fingerprint density at radius 3 is 2.89 bits per heavy atom. The lowest BCUT2D eigenvalue weighted by Crippen LogP contribution is -2.26. The molecule has 0 saturated heterocycles. The fourth-order valence-corrected chi connectivity index (χ4v) is 1.74. The number of rotatable bonds is 7. The van der Waals surface area contributed by atoms with Gasteiger partial charge < -0.3 is 15.0 Å². The highest BCUT2D eigenvalue weighted by Gasteiger charge is 2.08. The molecule has 0 aliphatic carbocycles. The molecule has 1 aromatic carbocycles. The molecule has 0 radical (unpaired) electrons. The summed E-state index contributed by atoms with van der Waals surface area (Å²) in [5.41, 5.74) is 1.08. The van der Waals surface area contributed by atoms with E-state index in [-0.39, 0.29) is 5.91 Å². The summed E-state index contributed by atoms with van der Waals surface area (Å²) >= 11 is 0. The van der Waals surface area contributed by atoms with E-state index in [0.29, 0.717) is 13.0 Å². The summed E-state index contributed by atoms with van der Waals surface area (Å²) in [4.78, 5) is 13.6. The van der Waals surface area contributed by atoms with Gasteiger partial charge in [0.05, 0.1) is 7.11 Å². The number of ether oxygens (including phenoxy) is 1. The predicted molar refractivity (Wildman–Crippen MR) is 72.6 cm³/mol. The van der Waals surface area contributed by atoms with Crippen molar-refractivity contribution in [3.63, 3.8) is 0 Å². The Balaban J connectivity index is 2.47. The minimum atomic E-state index is 0.174. The standard InChI is InChI=1S/C14H22N2O2/c1-15-9-5-8-14(17)16(2)11-12-6-4-7-13(10-12)18-3/h4,6-7,10,15H,5,8-9,11H2,1-3H3. The van der Waals surface area contributed by atoms with Crippen LogP contribution in [0.25, 0.3) is 0 Å². The van der Waals surface area contributed by atoms with Gasteiger partial charge in [-0.1, -0.05) is 12.1 Å². The van der Waals surface area contributed by atoms with Crippen molar-refractivity contribution in [3.8, 4) is 5.75 Å². The van der Waals surface area contributed by atoms with E-state index in [1.807, 2.05) is 38.4 Å². The molecule has 0 aliphatic rings. The van der Waals surface area contributed by atoms with E-state index in [4.69, 9.17) is 4.74 Å². The predicted octanol–water partition coefficient (Wildman–Crippen LogP) is 1.65. The maximum Gasteiger partial charge on any atom is 0.222 e. The van der Waals surface area contributed by atoms with Gasteiger partial charge in [-0.25, -0.2) is 0 Å². The zero-order valence-corrected chi connectivity index (χ0v) is 11.4. The Labute approximate surface area is 109 Å². The third-order valence-electron chi connectivity index (χ3n) is 2.80. The quantitative estimate of drug-likeness (QED) is 0.748. The average Bonchev–Trinajstić information content (AvgIpc) is 2.39. The number of benzene rings is 1. The minimum Gasteiger partial charge on any atom is -0.497 e. The second kappa shape index (κ2) is 7.71. The molecule has 0 fully saturated rings. The molecule has 1 rings (SSSR count). The molecule has 1 N–H and O–H groups in total. The molecule has 1 amide bonds. The van der Waals surface area contributed by atoms with E-state index in [1.165, 1.54) is 0 Å². The van der Waals surface area contributed by atoms with E-state index in [0.717, 1.165) is 24.3 Å². The molecular weight excluding hydrogens is 228 g/mol. The molecule has 0 unspecified atom stereocenters. The molecule has 0 spiro atoms. The number of methoxy groups -OCH3 is 1. The maximum atomic E-state index is 11.8. The van der Waals surface area contributed by atoms with E-state index in [1.54, 1.807) is 12.0 Å². The Hall–Kier alpha value is -1.55. The van der Waals surface area contributed by atoms with Crippen LogP contribution in [-0.4, -0.2) is 38.6 Å². The SMILES string of the molecule is CNCCCC(=O)N(C)Cc1cccc(OC)c1. The summed E-state index contributed by atoms with van der Waals surface area (Å²) in [6, 6.07) is 7.79. The monoisotopic (exact) mass is 250 g/mol. The lowest BCUT2D eigenvalue weighted by atomic mass is 10.2. The first kappa shape index (κ1) is 14.5. The third kappa shape index (κ3) is 4.75. The summed E-state index contributed by atoms with van der Waals surface area (Å²) in [5.74, 6) is 0.997. The average molecular weight is 250 g/mol. The Morgan fingerprint density at radius 2 is 2.22 bits per heavy atom. The van der Waals surface area contributed by atoms with Crippen LogP contribution in [0.5, 0.6) is 5.75 Å². The Morgan fingerprint density at radius 1 is 1.44 bits per heavy atom. The van der Waals surface area contributed by atoms with Gasteiger partial charge >= 0.3 is 0 Å². The van der Waals surface area contributed by atoms with Crippen molar-refractivity contribution >= 4 is 5.91 Å². The van der Waals surface area contributed by atoms with Gasteiger partial charge in [-0.15, -0.1) is 0 Å². The van der Waals surface area contributed by atoms with E-state index < -0.39 is 0 Å². The fourth-order valence-electron chi connectivity index (χ4n) is 1.74. The highest BCUT2D eigenvalue weighted by Crippen LogP contribution is 2.14. The van der Waals surface area contributed by atoms with Gasteiger partial charge in [0.15, 0.2) is 0 Å². The normalized spacial score (nSPS) is 10.2. The van der Waals surface area contributed by atoms with Crippen LogP contribution in [0.1, 0.15) is 18.4 Å². The number of carbonyl (C=O) groups is 1. The highest BCUT2D eigenvalue weighted by molar-refractivity contribution is 5.75. The van der Waals surface area contributed by atoms with Crippen LogP contribution >= 0.6 is 0 Å². The van der Waals surface area contributed by atoms with Crippen LogP contribution in [0.2, 0.25) is 0 Å². The number of hydrogen-bond donors (Lipinski definition) is 1. The molecule has 0 saturated carbocycles. The molecule has 0 aromatic heterocycles. The van der Waals surface area contributed by atoms with Crippen molar-refractivity contribution in [1.29, 1.82) is 0 Å². The number of amides is 1. The number of nitrogens with zero attached hydrogens (tertiary/aromatic N) is 1. The van der Waals surface area contributed by atoms with Crippen molar-refractivity contribution < 1.29 is 9.53 Å². The van der Waals surface area contributed by atoms with Crippen LogP contribution in [0.4, 0.5) is 0 Å². The largest absolute Gasteiger partial charge is 0.497 e. The number of hydrogen-bond acceptors (Lipinski definition) is 3. The zero-order chi connectivity index (χ0) is 13.4. The first-order valence-electron chi connectivity index (χ1n) is 6.19. The molecule has 0 bridgehead atoms. The molecule has 4 heteroatoms. The molecular formula is C14H22N2O2. The van der Waals surface area contributed by atoms with Crippen LogP contribution in [0, 0.1) is 0 Å². The van der Waals surface area contributed by atoms with Crippen LogP contribution < -0.4 is 10.1 Å². The van der Waals surface area contributed by atoms with Gasteiger partial charge in [0.1, 0.15) is 5.75 Å². The van der Waals surface area contributed by atoms with Crippen LogP contribution in [0.15, 0.2) is 24.3 Å². The van der Waals surface area contributed by atoms with Crippen LogP contribution in [-0.2, 0) is 11.3 Å². The Bertz CT molecular complexity index is 380. The van der Waals surface area contributed by atoms with Crippen LogP contribution in [0.3, 0.4) is 0 Å². The molecule has 4 nitrogen and oxygen atoms in total. The minimum absolute atomic E-state index is 0.174. The second-order valence-electron chi connectivity index (χ2n) is 4.31. The fraction of sp³-hybridized carbons (Fsp3) is 0.500. The second-order valence-corrected chi connectivity index (χ2v) is 4.31. The maximum absolute atomic E-state index is 11.8. The van der Waals surface area contributed by atoms with Crippen molar-refractivity contribution in [2.75, 3.05) is 27.7 Å². The highest BCUT2D eigenvalue weighted by atomic mass is 16.5. The lowest BCUT2D eigenvalue weighted by molar-refractivity contribution is -0.130. The van der Waals surface area contributed by atoms with Gasteiger partial charge in [0.25, 0.3) is 0 Å². The van der Waals surface area contributed by atoms with Crippen molar-refractivity contribution in [3.05, 3.63) is 29.8 Å². The first-order chi connectivity index (χ1) is 8.67. The lowest BCUT2D eigenvalue weighted by Gasteiger charge is -2.17. The van der Waals surface area contributed by atoms with Gasteiger partial charge in [0.2, 0.25) is 5.91 Å². The molecule has 18 heavy (non-hydrogen) atoms. The van der Waals surface area contributed by atoms with Gasteiger partial charge in [0, 0.05) is 20.0 Å². The summed E-state index contributed by atoms with van der Waals surface area (Å²) in [7, 11) is 5.37. The Kier molecular flexibility index (Phi) is 6.22. The summed E-state index contributed by atoms with van der Waals surface area (Å²) in [6.45, 7) is 1.49. The molecule has 0 aliphatic heterocycles. The first-order valence-corrected chi connectivity index (χ1v) is 6.19. The zero-order valence-electron chi connectivity index (χ0n) is 11.4. The molecule has 100 valence electrons. The smallest absolute Gasteiger partial charge is 0.222 e. The molecule has 1 aromatic rings. The van der Waals surface area contributed by atoms with Gasteiger partial charge in [-0.3, -0.25) is 4.79 Å². The number of nitrogens with one attached hydrogen (secondary N) is 1. The van der Waals surface area contributed by atoms with E-state index >= 15 is 0 Å². The van der Waals surface area contributed by atoms with Crippen molar-refractivity contribution in [2.24, 2.45) is 0 Å². The topological polar surface area (TPSA) is 41.6 Å². The number of carbonyl (C=O) groups excluding carboxylic acids is 1. The molecule has 0 heterocycles. The van der Waals surface area contributed by atoms with Crippen molar-refractivity contribution in [2.45, 2.75) is 19.4 Å². The van der Waals surface area contributed by atoms with Gasteiger partial charge in [-0.2, -0.15) is 0 Å². The molecule has 0 atom stereocenters. The third-order valence-corrected chi connectivity index (χ3v) is 2.80. The summed E-state index contributed by atoms with van der Waals surface area (Å²) in [6.07, 6.45) is 1.46. The van der Waals surface area contributed by atoms with Gasteiger partial charge in [-0.05, 0) is 37.7 Å². The van der Waals surface area contributed by atoms with Crippen molar-refractivity contribution in [1.82, 2.24) is 10.2 Å². The van der Waals surface area contributed by atoms with E-state index in [9.17, 15) is 4.79 Å². The summed E-state index contributed by atoms with van der Waals surface area (Å²) < 4.78 is 5.16. The van der Waals surface area contributed by atoms with E-state index in [2.05, 4.69) is 5.32 Å². The summed E-state index contributed by atoms with van der Waals surface area (Å²) in [5, 5.41) is 3.04.